The number of hydrogen-bond donors (Lipinski definition) is 1. The normalized spacial score (nSPS) is 15.1. The third-order valence-corrected chi connectivity index (χ3v) is 7.94. The Balaban J connectivity index is 1.55. The maximum Gasteiger partial charge on any atom is 0.416 e. The average Bonchev–Trinajstić information content (AvgIpc) is 2.99. The maximum absolute atomic E-state index is 14.9. The Bertz CT molecular complexity index is 1680. The molecule has 0 radical (unpaired) electrons. The lowest BCUT2D eigenvalue weighted by Crippen LogP contribution is -2.51. The second-order valence-electron chi connectivity index (χ2n) is 10.7. The van der Waals surface area contributed by atoms with Gasteiger partial charge in [0.2, 0.25) is 0 Å². The van der Waals surface area contributed by atoms with E-state index in [4.69, 9.17) is 5.73 Å². The zero-order chi connectivity index (χ0) is 30.7. The van der Waals surface area contributed by atoms with E-state index in [0.29, 0.717) is 31.7 Å². The number of anilines is 1. The molecule has 0 bridgehead atoms. The molecule has 1 fully saturated rings. The topological polar surface area (TPSA) is 76.5 Å². The van der Waals surface area contributed by atoms with Crippen LogP contribution in [0.25, 0.3) is 0 Å². The maximum atomic E-state index is 14.9. The molecule has 0 unspecified atom stereocenters. The van der Waals surface area contributed by atoms with Gasteiger partial charge in [0, 0.05) is 50.0 Å². The first-order valence-corrected chi connectivity index (χ1v) is 14.0. The molecule has 1 aromatic heterocycles. The molecule has 1 atom stereocenters. The molecule has 226 valence electrons. The third-order valence-electron chi connectivity index (χ3n) is 7.94. The molecule has 0 aliphatic carbocycles. The van der Waals surface area contributed by atoms with E-state index in [2.05, 4.69) is 4.90 Å². The van der Waals surface area contributed by atoms with Crippen LogP contribution in [-0.4, -0.2) is 40.2 Å². The zero-order valence-corrected chi connectivity index (χ0v) is 23.7. The fraction of sp³-hybridized carbons (Fsp3) is 0.312. The molecule has 1 saturated heterocycles. The summed E-state index contributed by atoms with van der Waals surface area (Å²) in [6, 6.07) is 20.8. The monoisotopic (exact) mass is 595 g/mol. The minimum absolute atomic E-state index is 0.174. The summed E-state index contributed by atoms with van der Waals surface area (Å²) in [6.07, 6.45) is -4.84. The number of rotatable bonds is 8. The zero-order valence-electron chi connectivity index (χ0n) is 23.7. The highest BCUT2D eigenvalue weighted by Gasteiger charge is 2.35. The van der Waals surface area contributed by atoms with Gasteiger partial charge in [-0.25, -0.2) is 9.18 Å². The lowest BCUT2D eigenvalue weighted by atomic mass is 10.1. The highest BCUT2D eigenvalue weighted by atomic mass is 19.4. The van der Waals surface area contributed by atoms with Crippen molar-refractivity contribution in [3.05, 3.63) is 133 Å². The van der Waals surface area contributed by atoms with E-state index >= 15 is 0 Å². The van der Waals surface area contributed by atoms with Crippen molar-refractivity contribution in [3.8, 4) is 0 Å². The summed E-state index contributed by atoms with van der Waals surface area (Å²) >= 11 is 0. The molecule has 7 nitrogen and oxygen atoms in total. The molecule has 0 amide bonds. The number of aromatic nitrogens is 2. The van der Waals surface area contributed by atoms with Crippen LogP contribution in [0, 0.1) is 12.7 Å². The highest BCUT2D eigenvalue weighted by Crippen LogP contribution is 2.33. The molecule has 2 N–H and O–H groups in total. The molecular weight excluding hydrogens is 562 g/mol. The van der Waals surface area contributed by atoms with Crippen molar-refractivity contribution in [2.45, 2.75) is 38.8 Å². The summed E-state index contributed by atoms with van der Waals surface area (Å²) in [5.74, 6) is -1.09. The molecule has 0 saturated carbocycles. The van der Waals surface area contributed by atoms with Crippen LogP contribution in [0.3, 0.4) is 0 Å². The van der Waals surface area contributed by atoms with E-state index in [-0.39, 0.29) is 17.9 Å². The van der Waals surface area contributed by atoms with Gasteiger partial charge in [-0.05, 0) is 30.2 Å². The average molecular weight is 596 g/mol. The van der Waals surface area contributed by atoms with Gasteiger partial charge in [-0.3, -0.25) is 18.8 Å². The van der Waals surface area contributed by atoms with Crippen LogP contribution in [-0.2, 0) is 25.8 Å². The van der Waals surface area contributed by atoms with Crippen molar-refractivity contribution in [3.63, 3.8) is 0 Å². The number of halogens is 4. The van der Waals surface area contributed by atoms with Crippen LogP contribution in [0.15, 0.2) is 88.5 Å². The number of nitrogens with zero attached hydrogens (tertiary/aromatic N) is 4. The quantitative estimate of drug-likeness (QED) is 0.303. The van der Waals surface area contributed by atoms with Crippen molar-refractivity contribution in [1.82, 2.24) is 14.0 Å². The second-order valence-corrected chi connectivity index (χ2v) is 10.7. The van der Waals surface area contributed by atoms with Gasteiger partial charge in [0.1, 0.15) is 11.5 Å². The molecule has 43 heavy (non-hydrogen) atoms. The van der Waals surface area contributed by atoms with Gasteiger partial charge < -0.3 is 10.6 Å². The summed E-state index contributed by atoms with van der Waals surface area (Å²) in [6.45, 7) is 3.52. The molecule has 0 spiro atoms. The minimum atomic E-state index is -4.84. The Labute approximate surface area is 246 Å². The molecule has 2 heterocycles. The van der Waals surface area contributed by atoms with Crippen LogP contribution in [0.1, 0.15) is 34.0 Å². The molecule has 3 aromatic carbocycles. The molecule has 1 aliphatic rings. The smallest absolute Gasteiger partial charge is 0.363 e. The summed E-state index contributed by atoms with van der Waals surface area (Å²) < 4.78 is 58.5. The van der Waals surface area contributed by atoms with Gasteiger partial charge in [-0.1, -0.05) is 66.7 Å². The van der Waals surface area contributed by atoms with Crippen LogP contribution in [0.4, 0.5) is 23.2 Å². The van der Waals surface area contributed by atoms with E-state index in [9.17, 15) is 27.2 Å². The largest absolute Gasteiger partial charge is 0.416 e. The Kier molecular flexibility index (Phi) is 8.84. The van der Waals surface area contributed by atoms with Crippen molar-refractivity contribution in [2.75, 3.05) is 31.1 Å². The van der Waals surface area contributed by atoms with E-state index in [1.54, 1.807) is 24.3 Å². The predicted octanol–water partition coefficient (Wildman–Crippen LogP) is 4.55. The van der Waals surface area contributed by atoms with Gasteiger partial charge >= 0.3 is 11.9 Å². The SMILES string of the molecule is Cc1c(N2CCN(Cc3ccccc3)CC2)c(=O)n(C[C@H](N)c2ccccc2)c(=O)n1Cc1c(F)cccc1C(F)(F)F. The number of hydrogen-bond acceptors (Lipinski definition) is 5. The van der Waals surface area contributed by atoms with Crippen molar-refractivity contribution < 1.29 is 17.6 Å². The summed E-state index contributed by atoms with van der Waals surface area (Å²) in [7, 11) is 0. The van der Waals surface area contributed by atoms with Gasteiger partial charge in [-0.15, -0.1) is 0 Å². The third kappa shape index (κ3) is 6.57. The summed E-state index contributed by atoms with van der Waals surface area (Å²) in [4.78, 5) is 31.8. The number of nitrogens with two attached hydrogens (primary N) is 1. The fourth-order valence-electron chi connectivity index (χ4n) is 5.61. The van der Waals surface area contributed by atoms with E-state index in [0.717, 1.165) is 39.4 Å². The summed E-state index contributed by atoms with van der Waals surface area (Å²) in [5, 5.41) is 0. The number of piperazine rings is 1. The molecule has 5 rings (SSSR count). The number of benzene rings is 3. The fourth-order valence-corrected chi connectivity index (χ4v) is 5.61. The first-order valence-electron chi connectivity index (χ1n) is 14.0. The van der Waals surface area contributed by atoms with Gasteiger partial charge in [0.25, 0.3) is 5.56 Å². The van der Waals surface area contributed by atoms with Gasteiger partial charge in [0.15, 0.2) is 0 Å². The van der Waals surface area contributed by atoms with E-state index < -0.39 is 47.0 Å². The van der Waals surface area contributed by atoms with Gasteiger partial charge in [0.05, 0.1) is 18.7 Å². The molecule has 11 heteroatoms. The van der Waals surface area contributed by atoms with Crippen LogP contribution >= 0.6 is 0 Å². The standard InChI is InChI=1S/C32H33F4N5O2/c1-22-29(39-17-15-38(16-18-39)19-23-9-4-2-5-10-23)30(42)41(21-28(37)24-11-6-3-7-12-24)31(43)40(22)20-25-26(32(34,35)36)13-8-14-27(25)33/h2-14,28H,15-21,37H2,1H3/t28-/m0/s1. The van der Waals surface area contributed by atoms with Crippen LogP contribution in [0.2, 0.25) is 0 Å². The summed E-state index contributed by atoms with van der Waals surface area (Å²) in [5.41, 5.74) is 5.34. The predicted molar refractivity (Wildman–Crippen MR) is 158 cm³/mol. The van der Waals surface area contributed by atoms with Crippen LogP contribution < -0.4 is 21.9 Å². The first kappa shape index (κ1) is 30.2. The molecular formula is C32H33F4N5O2. The second kappa shape index (κ2) is 12.6. The van der Waals surface area contributed by atoms with E-state index in [1.807, 2.05) is 41.3 Å². The first-order chi connectivity index (χ1) is 20.5. The Morgan fingerprint density at radius 2 is 1.44 bits per heavy atom. The lowest BCUT2D eigenvalue weighted by molar-refractivity contribution is -0.138. The minimum Gasteiger partial charge on any atom is -0.363 e. The Morgan fingerprint density at radius 1 is 0.814 bits per heavy atom. The van der Waals surface area contributed by atoms with Gasteiger partial charge in [-0.2, -0.15) is 13.2 Å². The molecule has 4 aromatic rings. The number of alkyl halides is 3. The lowest BCUT2D eigenvalue weighted by Gasteiger charge is -2.37. The molecule has 1 aliphatic heterocycles. The Hall–Kier alpha value is -4.22. The van der Waals surface area contributed by atoms with Crippen molar-refractivity contribution >= 4 is 5.69 Å². The van der Waals surface area contributed by atoms with Crippen LogP contribution in [0.5, 0.6) is 0 Å². The Morgan fingerprint density at radius 3 is 2.07 bits per heavy atom. The van der Waals surface area contributed by atoms with Crippen molar-refractivity contribution in [1.29, 1.82) is 0 Å². The van der Waals surface area contributed by atoms with E-state index in [1.165, 1.54) is 6.92 Å². The highest BCUT2D eigenvalue weighted by molar-refractivity contribution is 5.50. The van der Waals surface area contributed by atoms with Crippen molar-refractivity contribution in [2.24, 2.45) is 5.73 Å².